The molecule has 0 amide bonds. The van der Waals surface area contributed by atoms with E-state index in [4.69, 9.17) is 5.73 Å². The summed E-state index contributed by atoms with van der Waals surface area (Å²) in [6.45, 7) is 12.5. The highest BCUT2D eigenvalue weighted by molar-refractivity contribution is 4.76. The summed E-state index contributed by atoms with van der Waals surface area (Å²) in [7, 11) is 0. The van der Waals surface area contributed by atoms with E-state index in [0.717, 1.165) is 13.1 Å². The molecule has 0 saturated carbocycles. The van der Waals surface area contributed by atoms with E-state index in [1.54, 1.807) is 6.20 Å². The summed E-state index contributed by atoms with van der Waals surface area (Å²) in [5.74, 6) is 0. The molecule has 0 heterocycles. The van der Waals surface area contributed by atoms with Crippen LogP contribution in [0.15, 0.2) is 12.4 Å². The van der Waals surface area contributed by atoms with E-state index in [1.807, 2.05) is 6.20 Å². The van der Waals surface area contributed by atoms with Crippen LogP contribution in [-0.4, -0.2) is 42.5 Å². The number of nitrogens with zero attached hydrogens (tertiary/aromatic N) is 2. The van der Waals surface area contributed by atoms with E-state index in [0.29, 0.717) is 0 Å². The van der Waals surface area contributed by atoms with E-state index in [2.05, 4.69) is 30.6 Å². The van der Waals surface area contributed by atoms with E-state index >= 15 is 0 Å². The maximum atomic E-state index is 5.40. The minimum atomic E-state index is 1.04. The zero-order valence-corrected chi connectivity index (χ0v) is 11.3. The predicted molar refractivity (Wildman–Crippen MR) is 72.2 cm³/mol. The van der Waals surface area contributed by atoms with Gasteiger partial charge in [0.2, 0.25) is 0 Å². The Hall–Kier alpha value is -0.700. The second-order valence-electron chi connectivity index (χ2n) is 4.17. The Labute approximate surface area is 101 Å². The zero-order chi connectivity index (χ0) is 12.2. The normalized spacial score (nSPS) is 11.5. The molecule has 0 rings (SSSR count). The van der Waals surface area contributed by atoms with Gasteiger partial charge in [-0.05, 0) is 45.8 Å². The molecule has 0 aromatic rings. The summed E-state index contributed by atoms with van der Waals surface area (Å²) in [4.78, 5) is 4.82. The molecule has 0 saturated heterocycles. The topological polar surface area (TPSA) is 32.5 Å². The number of nitrogens with two attached hydrogens (primary N) is 1. The van der Waals surface area contributed by atoms with Crippen molar-refractivity contribution >= 4 is 0 Å². The fourth-order valence-corrected chi connectivity index (χ4v) is 1.93. The Morgan fingerprint density at radius 2 is 1.56 bits per heavy atom. The van der Waals surface area contributed by atoms with E-state index < -0.39 is 0 Å². The molecule has 0 aliphatic carbocycles. The lowest BCUT2D eigenvalue weighted by Gasteiger charge is -2.23. The fraction of sp³-hybridized carbons (Fsp3) is 0.846. The Bertz CT molecular complexity index is 163. The molecule has 0 radical (unpaired) electrons. The van der Waals surface area contributed by atoms with Crippen LogP contribution in [0.4, 0.5) is 0 Å². The second-order valence-corrected chi connectivity index (χ2v) is 4.17. The highest BCUT2D eigenvalue weighted by atomic mass is 15.1. The highest BCUT2D eigenvalue weighted by Gasteiger charge is 2.03. The van der Waals surface area contributed by atoms with Crippen molar-refractivity contribution in [3.05, 3.63) is 12.4 Å². The van der Waals surface area contributed by atoms with Gasteiger partial charge in [0.1, 0.15) is 0 Å². The number of hydrogen-bond donors (Lipinski definition) is 1. The van der Waals surface area contributed by atoms with Crippen LogP contribution in [0, 0.1) is 0 Å². The average molecular weight is 227 g/mol. The van der Waals surface area contributed by atoms with Crippen LogP contribution in [0.25, 0.3) is 0 Å². The first-order valence-electron chi connectivity index (χ1n) is 6.63. The molecule has 0 fully saturated rings. The van der Waals surface area contributed by atoms with Crippen molar-refractivity contribution in [3.63, 3.8) is 0 Å². The molecule has 3 nitrogen and oxygen atoms in total. The molecule has 16 heavy (non-hydrogen) atoms. The first-order chi connectivity index (χ1) is 7.78. The Morgan fingerprint density at radius 3 is 2.00 bits per heavy atom. The van der Waals surface area contributed by atoms with E-state index in [-0.39, 0.29) is 0 Å². The lowest BCUT2D eigenvalue weighted by molar-refractivity contribution is 0.255. The summed E-state index contributed by atoms with van der Waals surface area (Å²) in [6.07, 6.45) is 7.32. The standard InChI is InChI=1S/C13H29N3/c1-4-9-16(10-5-2)12-7-11-15(6-3)13-8-14/h8,13H,4-7,9-12,14H2,1-3H3/b13-8-. The van der Waals surface area contributed by atoms with Crippen LogP contribution >= 0.6 is 0 Å². The smallest absolute Gasteiger partial charge is 0.0185 e. The molecule has 0 aromatic heterocycles. The predicted octanol–water partition coefficient (Wildman–Crippen LogP) is 2.25. The van der Waals surface area contributed by atoms with Crippen LogP contribution in [-0.2, 0) is 0 Å². The molecule has 0 bridgehead atoms. The van der Waals surface area contributed by atoms with Crippen LogP contribution in [0.2, 0.25) is 0 Å². The molecule has 0 spiro atoms. The van der Waals surface area contributed by atoms with E-state index in [9.17, 15) is 0 Å². The maximum Gasteiger partial charge on any atom is 0.0185 e. The molecule has 96 valence electrons. The lowest BCUT2D eigenvalue weighted by Crippen LogP contribution is -2.29. The van der Waals surface area contributed by atoms with Crippen molar-refractivity contribution in [3.8, 4) is 0 Å². The monoisotopic (exact) mass is 227 g/mol. The highest BCUT2D eigenvalue weighted by Crippen LogP contribution is 1.98. The van der Waals surface area contributed by atoms with Crippen molar-refractivity contribution in [1.29, 1.82) is 0 Å². The minimum Gasteiger partial charge on any atom is -0.403 e. The number of hydrogen-bond acceptors (Lipinski definition) is 3. The van der Waals surface area contributed by atoms with Gasteiger partial charge < -0.3 is 15.5 Å². The third-order valence-corrected chi connectivity index (χ3v) is 2.70. The van der Waals surface area contributed by atoms with Crippen LogP contribution in [0.3, 0.4) is 0 Å². The largest absolute Gasteiger partial charge is 0.403 e. The zero-order valence-electron chi connectivity index (χ0n) is 11.3. The second kappa shape index (κ2) is 10.8. The summed E-state index contributed by atoms with van der Waals surface area (Å²) in [5.41, 5.74) is 5.40. The lowest BCUT2D eigenvalue weighted by atomic mass is 10.3. The van der Waals surface area contributed by atoms with Crippen molar-refractivity contribution in [2.75, 3.05) is 32.7 Å². The van der Waals surface area contributed by atoms with Gasteiger partial charge in [0, 0.05) is 25.5 Å². The number of rotatable bonds is 10. The SMILES string of the molecule is CCCN(CCC)CCCN(/C=C\N)CC. The Balaban J connectivity index is 3.73. The molecule has 2 N–H and O–H groups in total. The molecular weight excluding hydrogens is 198 g/mol. The van der Waals surface area contributed by atoms with Crippen molar-refractivity contribution in [2.45, 2.75) is 40.0 Å². The van der Waals surface area contributed by atoms with Crippen molar-refractivity contribution in [1.82, 2.24) is 9.80 Å². The van der Waals surface area contributed by atoms with Gasteiger partial charge in [-0.2, -0.15) is 0 Å². The van der Waals surface area contributed by atoms with Gasteiger partial charge in [-0.1, -0.05) is 13.8 Å². The molecule has 0 atom stereocenters. The molecule has 0 unspecified atom stereocenters. The summed E-state index contributed by atoms with van der Waals surface area (Å²) >= 11 is 0. The molecule has 0 aliphatic rings. The van der Waals surface area contributed by atoms with Gasteiger partial charge >= 0.3 is 0 Å². The Morgan fingerprint density at radius 1 is 0.938 bits per heavy atom. The van der Waals surface area contributed by atoms with Gasteiger partial charge in [0.25, 0.3) is 0 Å². The third kappa shape index (κ3) is 7.57. The van der Waals surface area contributed by atoms with Crippen molar-refractivity contribution < 1.29 is 0 Å². The Kier molecular flexibility index (Phi) is 10.3. The molecule has 0 aliphatic heterocycles. The summed E-state index contributed by atoms with van der Waals surface area (Å²) < 4.78 is 0. The van der Waals surface area contributed by atoms with Gasteiger partial charge in [-0.3, -0.25) is 0 Å². The first kappa shape index (κ1) is 15.3. The van der Waals surface area contributed by atoms with Gasteiger partial charge in [0.05, 0.1) is 0 Å². The maximum absolute atomic E-state index is 5.40. The van der Waals surface area contributed by atoms with Crippen LogP contribution in [0.1, 0.15) is 40.0 Å². The van der Waals surface area contributed by atoms with E-state index in [1.165, 1.54) is 38.9 Å². The van der Waals surface area contributed by atoms with Gasteiger partial charge in [-0.25, -0.2) is 0 Å². The minimum absolute atomic E-state index is 1.04. The van der Waals surface area contributed by atoms with Gasteiger partial charge in [0.15, 0.2) is 0 Å². The first-order valence-corrected chi connectivity index (χ1v) is 6.63. The van der Waals surface area contributed by atoms with Gasteiger partial charge in [-0.15, -0.1) is 0 Å². The molecule has 3 heteroatoms. The van der Waals surface area contributed by atoms with Crippen LogP contribution in [0.5, 0.6) is 0 Å². The molecular formula is C13H29N3. The summed E-state index contributed by atoms with van der Waals surface area (Å²) in [5, 5.41) is 0. The van der Waals surface area contributed by atoms with Crippen molar-refractivity contribution in [2.24, 2.45) is 5.73 Å². The quantitative estimate of drug-likeness (QED) is 0.621. The average Bonchev–Trinajstić information content (AvgIpc) is 2.28. The van der Waals surface area contributed by atoms with Crippen LogP contribution < -0.4 is 5.73 Å². The fourth-order valence-electron chi connectivity index (χ4n) is 1.93. The summed E-state index contributed by atoms with van der Waals surface area (Å²) in [6, 6.07) is 0. The third-order valence-electron chi connectivity index (χ3n) is 2.70. The molecule has 0 aromatic carbocycles.